The Kier molecular flexibility index (Phi) is 4.57. The number of rotatable bonds is 4. The van der Waals surface area contributed by atoms with E-state index in [9.17, 15) is 4.79 Å². The van der Waals surface area contributed by atoms with Crippen LogP contribution in [0.1, 0.15) is 18.5 Å². The van der Waals surface area contributed by atoms with Gasteiger partial charge in [-0.2, -0.15) is 0 Å². The zero-order valence-corrected chi connectivity index (χ0v) is 14.9. The fourth-order valence-corrected chi connectivity index (χ4v) is 3.93. The van der Waals surface area contributed by atoms with Gasteiger partial charge in [-0.25, -0.2) is 4.68 Å². The molecule has 0 fully saturated rings. The molecule has 0 amide bonds. The first-order chi connectivity index (χ1) is 12.8. The first-order valence-corrected chi connectivity index (χ1v) is 9.16. The van der Waals surface area contributed by atoms with E-state index in [1.807, 2.05) is 47.1 Å². The molecule has 8 heteroatoms. The van der Waals surface area contributed by atoms with E-state index in [-0.39, 0.29) is 12.0 Å². The Morgan fingerprint density at radius 1 is 1.23 bits per heavy atom. The highest BCUT2D eigenvalue weighted by molar-refractivity contribution is 8.00. The Bertz CT molecular complexity index is 900. The van der Waals surface area contributed by atoms with Gasteiger partial charge in [0.15, 0.2) is 5.82 Å². The molecule has 1 aliphatic heterocycles. The summed E-state index contributed by atoms with van der Waals surface area (Å²) in [6.07, 6.45) is 3.45. The number of carbonyl (C=O) groups excluding carboxylic acids is 1. The highest BCUT2D eigenvalue weighted by Crippen LogP contribution is 2.38. The van der Waals surface area contributed by atoms with E-state index >= 15 is 0 Å². The molecule has 2 atom stereocenters. The van der Waals surface area contributed by atoms with Crippen LogP contribution in [-0.4, -0.2) is 37.7 Å². The lowest BCUT2D eigenvalue weighted by atomic mass is 10.0. The molecule has 1 aliphatic rings. The molecular formula is C18H17N5O2S. The number of hydrogen-bond acceptors (Lipinski definition) is 7. The van der Waals surface area contributed by atoms with Gasteiger partial charge in [0.1, 0.15) is 5.25 Å². The summed E-state index contributed by atoms with van der Waals surface area (Å²) in [6, 6.07) is 13.3. The maximum atomic E-state index is 12.5. The van der Waals surface area contributed by atoms with Gasteiger partial charge in [0.2, 0.25) is 5.16 Å². The van der Waals surface area contributed by atoms with Crippen molar-refractivity contribution in [2.75, 3.05) is 12.0 Å². The van der Waals surface area contributed by atoms with Crippen LogP contribution in [0, 0.1) is 0 Å². The van der Waals surface area contributed by atoms with Gasteiger partial charge >= 0.3 is 5.97 Å². The number of pyridine rings is 1. The summed E-state index contributed by atoms with van der Waals surface area (Å²) >= 11 is 1.36. The van der Waals surface area contributed by atoms with Crippen molar-refractivity contribution in [2.24, 2.45) is 0 Å². The third-order valence-corrected chi connectivity index (χ3v) is 5.23. The smallest absolute Gasteiger partial charge is 0.322 e. The van der Waals surface area contributed by atoms with Crippen molar-refractivity contribution in [3.8, 4) is 11.4 Å². The minimum Gasteiger partial charge on any atom is -0.465 e. The first kappa shape index (κ1) is 16.6. The maximum Gasteiger partial charge on any atom is 0.322 e. The van der Waals surface area contributed by atoms with Gasteiger partial charge in [-0.3, -0.25) is 9.78 Å². The van der Waals surface area contributed by atoms with Crippen LogP contribution in [0.2, 0.25) is 0 Å². The summed E-state index contributed by atoms with van der Waals surface area (Å²) in [5.41, 5.74) is 5.23. The van der Waals surface area contributed by atoms with Gasteiger partial charge in [-0.1, -0.05) is 42.1 Å². The van der Waals surface area contributed by atoms with Crippen molar-refractivity contribution in [1.29, 1.82) is 0 Å². The Morgan fingerprint density at radius 2 is 2.08 bits per heavy atom. The number of carbonyl (C=O) groups is 1. The number of hydrogen-bond donors (Lipinski definition) is 1. The molecule has 4 rings (SSSR count). The Labute approximate surface area is 154 Å². The van der Waals surface area contributed by atoms with Crippen LogP contribution in [-0.2, 0) is 9.53 Å². The molecule has 1 N–H and O–H groups in total. The third-order valence-electron chi connectivity index (χ3n) is 4.03. The summed E-state index contributed by atoms with van der Waals surface area (Å²) in [5.74, 6) is 0.389. The highest BCUT2D eigenvalue weighted by atomic mass is 32.2. The van der Waals surface area contributed by atoms with Crippen LogP contribution in [0.25, 0.3) is 11.4 Å². The summed E-state index contributed by atoms with van der Waals surface area (Å²) in [4.78, 5) is 16.7. The number of aromatic nitrogens is 4. The van der Waals surface area contributed by atoms with E-state index in [1.54, 1.807) is 19.3 Å². The molecule has 0 saturated carbocycles. The average Bonchev–Trinajstić information content (AvgIpc) is 3.11. The molecule has 0 bridgehead atoms. The topological polar surface area (TPSA) is 81.9 Å². The number of esters is 1. The second-order valence-electron chi connectivity index (χ2n) is 5.69. The zero-order chi connectivity index (χ0) is 17.9. The van der Waals surface area contributed by atoms with Crippen molar-refractivity contribution < 1.29 is 9.53 Å². The number of nitrogens with one attached hydrogen (secondary N) is 1. The van der Waals surface area contributed by atoms with Gasteiger partial charge in [-0.15, -0.1) is 10.2 Å². The van der Waals surface area contributed by atoms with Gasteiger partial charge in [-0.05, 0) is 24.6 Å². The van der Waals surface area contributed by atoms with E-state index in [1.165, 1.54) is 11.8 Å². The third kappa shape index (κ3) is 3.03. The van der Waals surface area contributed by atoms with Gasteiger partial charge in [0.05, 0.1) is 12.6 Å². The highest BCUT2D eigenvalue weighted by Gasteiger charge is 2.38. The molecule has 1 aromatic carbocycles. The lowest BCUT2D eigenvalue weighted by molar-refractivity contribution is -0.142. The molecule has 0 radical (unpaired) electrons. The van der Waals surface area contributed by atoms with Crippen LogP contribution >= 0.6 is 11.8 Å². The summed E-state index contributed by atoms with van der Waals surface area (Å²) in [6.45, 7) is 2.14. The molecule has 3 heterocycles. The molecule has 0 unspecified atom stereocenters. The monoisotopic (exact) mass is 367 g/mol. The molecule has 0 aliphatic carbocycles. The largest absolute Gasteiger partial charge is 0.465 e. The minimum absolute atomic E-state index is 0.265. The van der Waals surface area contributed by atoms with Crippen molar-refractivity contribution in [1.82, 2.24) is 19.9 Å². The Balaban J connectivity index is 1.75. The van der Waals surface area contributed by atoms with Crippen LogP contribution in [0.5, 0.6) is 0 Å². The fraction of sp³-hybridized carbons (Fsp3) is 0.222. The summed E-state index contributed by atoms with van der Waals surface area (Å²) < 4.78 is 7.09. The van der Waals surface area contributed by atoms with E-state index in [0.717, 1.165) is 11.1 Å². The molecule has 0 spiro atoms. The first-order valence-electron chi connectivity index (χ1n) is 8.28. The second-order valence-corrected chi connectivity index (χ2v) is 6.80. The predicted molar refractivity (Wildman–Crippen MR) is 98.1 cm³/mol. The quantitative estimate of drug-likeness (QED) is 0.710. The lowest BCUT2D eigenvalue weighted by Crippen LogP contribution is -2.39. The maximum absolute atomic E-state index is 12.5. The van der Waals surface area contributed by atoms with Crippen LogP contribution in [0.3, 0.4) is 0 Å². The van der Waals surface area contributed by atoms with Crippen LogP contribution in [0.15, 0.2) is 60.0 Å². The van der Waals surface area contributed by atoms with Crippen LogP contribution in [0.4, 0.5) is 0 Å². The van der Waals surface area contributed by atoms with E-state index in [2.05, 4.69) is 20.6 Å². The van der Waals surface area contributed by atoms with Crippen molar-refractivity contribution in [3.63, 3.8) is 0 Å². The molecule has 3 aromatic rings. The number of nitrogens with zero attached hydrogens (tertiary/aromatic N) is 4. The van der Waals surface area contributed by atoms with Gasteiger partial charge < -0.3 is 10.2 Å². The normalized spacial score (nSPS) is 18.7. The standard InChI is InChI=1S/C18H17N5O2S/c1-2-25-17(24)15-14(12-7-4-3-5-8-12)22-23-16(20-21-18(23)26-15)13-9-6-10-19-11-13/h3-11,14-15,22H,2H2,1H3/t14-,15-/m1/s1. The van der Waals surface area contributed by atoms with E-state index in [4.69, 9.17) is 4.74 Å². The number of thioether (sulfide) groups is 1. The predicted octanol–water partition coefficient (Wildman–Crippen LogP) is 2.66. The molecule has 26 heavy (non-hydrogen) atoms. The lowest BCUT2D eigenvalue weighted by Gasteiger charge is -2.32. The van der Waals surface area contributed by atoms with Gasteiger partial charge in [0.25, 0.3) is 0 Å². The summed E-state index contributed by atoms with van der Waals surface area (Å²) in [7, 11) is 0. The van der Waals surface area contributed by atoms with Crippen molar-refractivity contribution in [3.05, 3.63) is 60.4 Å². The summed E-state index contributed by atoms with van der Waals surface area (Å²) in [5, 5.41) is 8.68. The SMILES string of the molecule is CCOC(=O)[C@@H]1Sc2nnc(-c3cccnc3)n2N[C@@H]1c1ccccc1. The molecule has 132 valence electrons. The molecule has 2 aromatic heterocycles. The fourth-order valence-electron chi connectivity index (χ4n) is 2.85. The Hall–Kier alpha value is -2.87. The average molecular weight is 367 g/mol. The number of ether oxygens (including phenoxy) is 1. The van der Waals surface area contributed by atoms with Gasteiger partial charge in [0, 0.05) is 18.0 Å². The van der Waals surface area contributed by atoms with Crippen molar-refractivity contribution in [2.45, 2.75) is 23.4 Å². The van der Waals surface area contributed by atoms with Crippen molar-refractivity contribution >= 4 is 17.7 Å². The number of fused-ring (bicyclic) bond motifs is 1. The Morgan fingerprint density at radius 3 is 2.81 bits per heavy atom. The number of benzene rings is 1. The minimum atomic E-state index is -0.448. The zero-order valence-electron chi connectivity index (χ0n) is 14.1. The van der Waals surface area contributed by atoms with E-state index < -0.39 is 5.25 Å². The molecule has 7 nitrogen and oxygen atoms in total. The molecular weight excluding hydrogens is 350 g/mol. The van der Waals surface area contributed by atoms with Crippen LogP contribution < -0.4 is 5.43 Å². The van der Waals surface area contributed by atoms with E-state index in [0.29, 0.717) is 17.6 Å². The second kappa shape index (κ2) is 7.17. The molecule has 0 saturated heterocycles.